The van der Waals surface area contributed by atoms with Gasteiger partial charge in [0.15, 0.2) is 0 Å². The third-order valence-electron chi connectivity index (χ3n) is 2.51. The van der Waals surface area contributed by atoms with E-state index in [4.69, 9.17) is 16.3 Å². The SMILES string of the molecule is COC(=O)c1ccnc(Oc2ccc(Cl)c(C)c2)c1. The first-order valence-corrected chi connectivity index (χ1v) is 5.96. The summed E-state index contributed by atoms with van der Waals surface area (Å²) >= 11 is 5.94. The Hall–Kier alpha value is -2.07. The Morgan fingerprint density at radius 3 is 2.74 bits per heavy atom. The first-order valence-electron chi connectivity index (χ1n) is 5.58. The summed E-state index contributed by atoms with van der Waals surface area (Å²) in [5.74, 6) is 0.501. The number of aryl methyl sites for hydroxylation is 1. The lowest BCUT2D eigenvalue weighted by atomic mass is 10.2. The Morgan fingerprint density at radius 1 is 1.26 bits per heavy atom. The Balaban J connectivity index is 2.23. The molecule has 5 heteroatoms. The van der Waals surface area contributed by atoms with Crippen LogP contribution in [-0.2, 0) is 4.74 Å². The van der Waals surface area contributed by atoms with Gasteiger partial charge in [0.2, 0.25) is 5.88 Å². The molecule has 1 heterocycles. The molecule has 1 aromatic heterocycles. The molecule has 4 nitrogen and oxygen atoms in total. The lowest BCUT2D eigenvalue weighted by molar-refractivity contribution is 0.0600. The molecule has 19 heavy (non-hydrogen) atoms. The second-order valence-corrected chi connectivity index (χ2v) is 4.29. The minimum Gasteiger partial charge on any atom is -0.465 e. The predicted octanol–water partition coefficient (Wildman–Crippen LogP) is 3.62. The van der Waals surface area contributed by atoms with Gasteiger partial charge < -0.3 is 9.47 Å². The van der Waals surface area contributed by atoms with E-state index in [2.05, 4.69) is 9.72 Å². The van der Waals surface area contributed by atoms with Gasteiger partial charge in [-0.05, 0) is 36.8 Å². The second-order valence-electron chi connectivity index (χ2n) is 3.89. The van der Waals surface area contributed by atoms with Crippen LogP contribution in [0.2, 0.25) is 5.02 Å². The molecule has 98 valence electrons. The van der Waals surface area contributed by atoms with E-state index in [1.807, 2.05) is 6.92 Å². The van der Waals surface area contributed by atoms with Crippen LogP contribution >= 0.6 is 11.6 Å². The molecular weight excluding hydrogens is 266 g/mol. The molecule has 0 N–H and O–H groups in total. The van der Waals surface area contributed by atoms with Crippen molar-refractivity contribution >= 4 is 17.6 Å². The molecule has 0 amide bonds. The lowest BCUT2D eigenvalue weighted by Gasteiger charge is -2.07. The number of halogens is 1. The predicted molar refractivity (Wildman–Crippen MR) is 71.8 cm³/mol. The topological polar surface area (TPSA) is 48.4 Å². The Morgan fingerprint density at radius 2 is 2.05 bits per heavy atom. The number of hydrogen-bond acceptors (Lipinski definition) is 4. The molecular formula is C14H12ClNO3. The number of carbonyl (C=O) groups is 1. The number of ether oxygens (including phenoxy) is 2. The van der Waals surface area contributed by atoms with E-state index in [9.17, 15) is 4.79 Å². The summed E-state index contributed by atoms with van der Waals surface area (Å²) in [6, 6.07) is 8.37. The average molecular weight is 278 g/mol. The first-order chi connectivity index (χ1) is 9.10. The van der Waals surface area contributed by atoms with Gasteiger partial charge in [-0.25, -0.2) is 9.78 Å². The molecule has 0 saturated heterocycles. The normalized spacial score (nSPS) is 10.1. The summed E-state index contributed by atoms with van der Waals surface area (Å²) in [6.45, 7) is 1.88. The van der Waals surface area contributed by atoms with Crippen molar-refractivity contribution < 1.29 is 14.3 Å². The van der Waals surface area contributed by atoms with Crippen molar-refractivity contribution in [3.05, 3.63) is 52.7 Å². The molecule has 0 aliphatic carbocycles. The zero-order chi connectivity index (χ0) is 13.8. The van der Waals surface area contributed by atoms with E-state index < -0.39 is 5.97 Å². The summed E-state index contributed by atoms with van der Waals surface area (Å²) in [6.07, 6.45) is 1.49. The fraction of sp³-hybridized carbons (Fsp3) is 0.143. The highest BCUT2D eigenvalue weighted by Crippen LogP contribution is 2.25. The number of hydrogen-bond donors (Lipinski definition) is 0. The van der Waals surface area contributed by atoms with E-state index in [1.54, 1.807) is 24.3 Å². The summed E-state index contributed by atoms with van der Waals surface area (Å²) in [7, 11) is 1.33. The van der Waals surface area contributed by atoms with Crippen molar-refractivity contribution in [3.63, 3.8) is 0 Å². The van der Waals surface area contributed by atoms with E-state index in [0.29, 0.717) is 22.2 Å². The number of rotatable bonds is 3. The fourth-order valence-electron chi connectivity index (χ4n) is 1.51. The van der Waals surface area contributed by atoms with Crippen LogP contribution in [0.4, 0.5) is 0 Å². The molecule has 0 atom stereocenters. The van der Waals surface area contributed by atoms with Gasteiger partial charge in [-0.3, -0.25) is 0 Å². The molecule has 0 aliphatic heterocycles. The minimum absolute atomic E-state index is 0.324. The number of carbonyl (C=O) groups excluding carboxylic acids is 1. The van der Waals surface area contributed by atoms with Crippen molar-refractivity contribution in [2.24, 2.45) is 0 Å². The summed E-state index contributed by atoms with van der Waals surface area (Å²) in [5.41, 5.74) is 1.29. The van der Waals surface area contributed by atoms with E-state index in [1.165, 1.54) is 19.4 Å². The van der Waals surface area contributed by atoms with Crippen LogP contribution in [0, 0.1) is 6.92 Å². The van der Waals surface area contributed by atoms with Gasteiger partial charge in [0, 0.05) is 17.3 Å². The number of methoxy groups -OCH3 is 1. The number of pyridine rings is 1. The van der Waals surface area contributed by atoms with Gasteiger partial charge in [0.25, 0.3) is 0 Å². The molecule has 2 aromatic rings. The third-order valence-corrected chi connectivity index (χ3v) is 2.93. The monoisotopic (exact) mass is 277 g/mol. The summed E-state index contributed by atoms with van der Waals surface area (Å²) in [4.78, 5) is 15.4. The number of esters is 1. The third kappa shape index (κ3) is 3.23. The Kier molecular flexibility index (Phi) is 4.02. The van der Waals surface area contributed by atoms with Crippen LogP contribution in [0.25, 0.3) is 0 Å². The van der Waals surface area contributed by atoms with Crippen LogP contribution in [0.1, 0.15) is 15.9 Å². The van der Waals surface area contributed by atoms with Gasteiger partial charge in [0.1, 0.15) is 5.75 Å². The fourth-order valence-corrected chi connectivity index (χ4v) is 1.63. The highest BCUT2D eigenvalue weighted by atomic mass is 35.5. The van der Waals surface area contributed by atoms with Gasteiger partial charge in [-0.1, -0.05) is 11.6 Å². The quantitative estimate of drug-likeness (QED) is 0.804. The van der Waals surface area contributed by atoms with Crippen molar-refractivity contribution in [2.75, 3.05) is 7.11 Å². The van der Waals surface area contributed by atoms with E-state index >= 15 is 0 Å². The maximum Gasteiger partial charge on any atom is 0.338 e. The van der Waals surface area contributed by atoms with Gasteiger partial charge in [0.05, 0.1) is 12.7 Å². The smallest absolute Gasteiger partial charge is 0.338 e. The van der Waals surface area contributed by atoms with Gasteiger partial charge in [-0.2, -0.15) is 0 Å². The standard InChI is InChI=1S/C14H12ClNO3/c1-9-7-11(3-4-12(9)15)19-13-8-10(5-6-16-13)14(17)18-2/h3-8H,1-2H3. The molecule has 0 fully saturated rings. The molecule has 0 aliphatic rings. The van der Waals surface area contributed by atoms with Crippen LogP contribution in [0.3, 0.4) is 0 Å². The van der Waals surface area contributed by atoms with Crippen molar-refractivity contribution in [1.82, 2.24) is 4.98 Å². The molecule has 1 aromatic carbocycles. The van der Waals surface area contributed by atoms with Gasteiger partial charge >= 0.3 is 5.97 Å². The van der Waals surface area contributed by atoms with Crippen LogP contribution in [0.5, 0.6) is 11.6 Å². The number of benzene rings is 1. The number of aromatic nitrogens is 1. The Labute approximate surface area is 115 Å². The molecule has 0 radical (unpaired) electrons. The zero-order valence-corrected chi connectivity index (χ0v) is 11.3. The molecule has 0 spiro atoms. The van der Waals surface area contributed by atoms with Crippen molar-refractivity contribution in [1.29, 1.82) is 0 Å². The summed E-state index contributed by atoms with van der Waals surface area (Å²) < 4.78 is 10.2. The molecule has 0 unspecified atom stereocenters. The van der Waals surface area contributed by atoms with Gasteiger partial charge in [-0.15, -0.1) is 0 Å². The molecule has 0 saturated carbocycles. The summed E-state index contributed by atoms with van der Waals surface area (Å²) in [5, 5.41) is 0.670. The molecule has 0 bridgehead atoms. The lowest BCUT2D eigenvalue weighted by Crippen LogP contribution is -2.01. The average Bonchev–Trinajstić information content (AvgIpc) is 2.42. The molecule has 2 rings (SSSR count). The van der Waals surface area contributed by atoms with E-state index in [-0.39, 0.29) is 0 Å². The van der Waals surface area contributed by atoms with Crippen LogP contribution in [0.15, 0.2) is 36.5 Å². The van der Waals surface area contributed by atoms with Crippen LogP contribution in [-0.4, -0.2) is 18.1 Å². The maximum absolute atomic E-state index is 11.4. The highest BCUT2D eigenvalue weighted by Gasteiger charge is 2.08. The van der Waals surface area contributed by atoms with E-state index in [0.717, 1.165) is 5.56 Å². The van der Waals surface area contributed by atoms with Crippen molar-refractivity contribution in [3.8, 4) is 11.6 Å². The van der Waals surface area contributed by atoms with Crippen molar-refractivity contribution in [2.45, 2.75) is 6.92 Å². The second kappa shape index (κ2) is 5.71. The first kappa shape index (κ1) is 13.4. The Bertz CT molecular complexity index is 613. The number of nitrogens with zero attached hydrogens (tertiary/aromatic N) is 1. The maximum atomic E-state index is 11.4. The van der Waals surface area contributed by atoms with Crippen LogP contribution < -0.4 is 4.74 Å². The highest BCUT2D eigenvalue weighted by molar-refractivity contribution is 6.31. The largest absolute Gasteiger partial charge is 0.465 e. The minimum atomic E-state index is -0.431. The zero-order valence-electron chi connectivity index (χ0n) is 10.5.